The Kier molecular flexibility index (Phi) is 4.62. The Hall–Kier alpha value is -2.30. The SMILES string of the molecule is CCOc1ccc(NC(C)c2ccc(O)cc2F)cc1F. The standard InChI is InChI=1S/C16H17F2NO2/c1-3-21-16-7-4-11(8-15(16)18)19-10(2)13-6-5-12(20)9-14(13)17/h4-10,19-20H,3H2,1-2H3. The highest BCUT2D eigenvalue weighted by Gasteiger charge is 2.12. The summed E-state index contributed by atoms with van der Waals surface area (Å²) >= 11 is 0. The second-order valence-electron chi connectivity index (χ2n) is 4.65. The number of anilines is 1. The van der Waals surface area contributed by atoms with Gasteiger partial charge in [-0.15, -0.1) is 0 Å². The van der Waals surface area contributed by atoms with Crippen LogP contribution in [0.3, 0.4) is 0 Å². The highest BCUT2D eigenvalue weighted by atomic mass is 19.1. The molecule has 0 aliphatic carbocycles. The third kappa shape index (κ3) is 3.62. The van der Waals surface area contributed by atoms with Crippen LogP contribution in [0.5, 0.6) is 11.5 Å². The molecule has 3 nitrogen and oxygen atoms in total. The van der Waals surface area contributed by atoms with Crippen LogP contribution in [0.15, 0.2) is 36.4 Å². The zero-order valence-electron chi connectivity index (χ0n) is 11.9. The smallest absolute Gasteiger partial charge is 0.167 e. The second-order valence-corrected chi connectivity index (χ2v) is 4.65. The van der Waals surface area contributed by atoms with Gasteiger partial charge in [-0.05, 0) is 32.0 Å². The van der Waals surface area contributed by atoms with E-state index in [0.717, 1.165) is 6.07 Å². The molecule has 0 saturated carbocycles. The van der Waals surface area contributed by atoms with Gasteiger partial charge in [-0.2, -0.15) is 0 Å². The molecule has 0 aliphatic heterocycles. The van der Waals surface area contributed by atoms with E-state index in [0.29, 0.717) is 17.9 Å². The molecule has 2 aromatic carbocycles. The molecule has 0 amide bonds. The summed E-state index contributed by atoms with van der Waals surface area (Å²) in [6.07, 6.45) is 0. The van der Waals surface area contributed by atoms with Gasteiger partial charge in [0.1, 0.15) is 11.6 Å². The van der Waals surface area contributed by atoms with E-state index in [1.165, 1.54) is 24.3 Å². The average molecular weight is 293 g/mol. The molecule has 2 rings (SSSR count). The number of nitrogens with one attached hydrogen (secondary N) is 1. The summed E-state index contributed by atoms with van der Waals surface area (Å²) in [6.45, 7) is 3.92. The average Bonchev–Trinajstić information content (AvgIpc) is 2.41. The van der Waals surface area contributed by atoms with Gasteiger partial charge in [-0.3, -0.25) is 0 Å². The summed E-state index contributed by atoms with van der Waals surface area (Å²) in [6, 6.07) is 8.08. The van der Waals surface area contributed by atoms with E-state index in [2.05, 4.69) is 5.32 Å². The molecule has 0 heterocycles. The molecule has 5 heteroatoms. The molecule has 0 bridgehead atoms. The largest absolute Gasteiger partial charge is 0.508 e. The predicted octanol–water partition coefficient (Wildman–Crippen LogP) is 4.24. The molecule has 0 fully saturated rings. The molecule has 2 N–H and O–H groups in total. The fourth-order valence-electron chi connectivity index (χ4n) is 2.06. The molecular weight excluding hydrogens is 276 g/mol. The van der Waals surface area contributed by atoms with Gasteiger partial charge < -0.3 is 15.2 Å². The molecule has 2 aromatic rings. The number of ether oxygens (including phenoxy) is 1. The lowest BCUT2D eigenvalue weighted by atomic mass is 10.1. The fraction of sp³-hybridized carbons (Fsp3) is 0.250. The monoisotopic (exact) mass is 293 g/mol. The van der Waals surface area contributed by atoms with Gasteiger partial charge in [-0.25, -0.2) is 8.78 Å². The first kappa shape index (κ1) is 15.1. The van der Waals surface area contributed by atoms with Crippen LogP contribution >= 0.6 is 0 Å². The molecule has 112 valence electrons. The van der Waals surface area contributed by atoms with Crippen molar-refractivity contribution < 1.29 is 18.6 Å². The van der Waals surface area contributed by atoms with Crippen LogP contribution < -0.4 is 10.1 Å². The van der Waals surface area contributed by atoms with Gasteiger partial charge in [0.25, 0.3) is 0 Å². The molecule has 0 radical (unpaired) electrons. The Balaban J connectivity index is 2.15. The van der Waals surface area contributed by atoms with Gasteiger partial charge in [-0.1, -0.05) is 6.07 Å². The summed E-state index contributed by atoms with van der Waals surface area (Å²) in [7, 11) is 0. The fourth-order valence-corrected chi connectivity index (χ4v) is 2.06. The van der Waals surface area contributed by atoms with Crippen molar-refractivity contribution in [3.63, 3.8) is 0 Å². The van der Waals surface area contributed by atoms with Crippen molar-refractivity contribution in [1.29, 1.82) is 0 Å². The molecule has 1 unspecified atom stereocenters. The van der Waals surface area contributed by atoms with Gasteiger partial charge >= 0.3 is 0 Å². The van der Waals surface area contributed by atoms with Gasteiger partial charge in [0, 0.05) is 23.4 Å². The molecule has 0 aromatic heterocycles. The minimum Gasteiger partial charge on any atom is -0.508 e. The van der Waals surface area contributed by atoms with Gasteiger partial charge in [0.15, 0.2) is 11.6 Å². The van der Waals surface area contributed by atoms with Crippen LogP contribution in [0.25, 0.3) is 0 Å². The lowest BCUT2D eigenvalue weighted by Crippen LogP contribution is -2.09. The highest BCUT2D eigenvalue weighted by molar-refractivity contribution is 5.49. The summed E-state index contributed by atoms with van der Waals surface area (Å²) in [5, 5.41) is 12.2. The maximum Gasteiger partial charge on any atom is 0.167 e. The number of rotatable bonds is 5. The van der Waals surface area contributed by atoms with Crippen molar-refractivity contribution in [3.05, 3.63) is 53.6 Å². The van der Waals surface area contributed by atoms with E-state index < -0.39 is 11.6 Å². The van der Waals surface area contributed by atoms with E-state index >= 15 is 0 Å². The number of halogens is 2. The van der Waals surface area contributed by atoms with Crippen LogP contribution in [0, 0.1) is 11.6 Å². The molecule has 0 spiro atoms. The first-order valence-electron chi connectivity index (χ1n) is 6.68. The van der Waals surface area contributed by atoms with E-state index in [4.69, 9.17) is 4.74 Å². The van der Waals surface area contributed by atoms with Crippen LogP contribution in [0.4, 0.5) is 14.5 Å². The third-order valence-corrected chi connectivity index (χ3v) is 3.07. The van der Waals surface area contributed by atoms with Crippen molar-refractivity contribution >= 4 is 5.69 Å². The summed E-state index contributed by atoms with van der Waals surface area (Å²) < 4.78 is 32.6. The van der Waals surface area contributed by atoms with Crippen molar-refractivity contribution in [2.24, 2.45) is 0 Å². The first-order chi connectivity index (χ1) is 10.0. The van der Waals surface area contributed by atoms with Crippen molar-refractivity contribution in [3.8, 4) is 11.5 Å². The van der Waals surface area contributed by atoms with E-state index in [-0.39, 0.29) is 17.5 Å². The Bertz CT molecular complexity index is 632. The van der Waals surface area contributed by atoms with Gasteiger partial charge in [0.2, 0.25) is 0 Å². The minimum absolute atomic E-state index is 0.129. The number of hydrogen-bond donors (Lipinski definition) is 2. The summed E-state index contributed by atoms with van der Waals surface area (Å²) in [4.78, 5) is 0. The number of hydrogen-bond acceptors (Lipinski definition) is 3. The molecule has 0 aliphatic rings. The van der Waals surface area contributed by atoms with E-state index in [1.807, 2.05) is 0 Å². The Morgan fingerprint density at radius 3 is 2.52 bits per heavy atom. The highest BCUT2D eigenvalue weighted by Crippen LogP contribution is 2.27. The topological polar surface area (TPSA) is 41.5 Å². The van der Waals surface area contributed by atoms with Gasteiger partial charge in [0.05, 0.1) is 12.6 Å². The number of phenols is 1. The Morgan fingerprint density at radius 2 is 1.90 bits per heavy atom. The van der Waals surface area contributed by atoms with Crippen LogP contribution in [0.1, 0.15) is 25.5 Å². The third-order valence-electron chi connectivity index (χ3n) is 3.07. The number of benzene rings is 2. The molecule has 0 saturated heterocycles. The number of phenolic OH excluding ortho intramolecular Hbond substituents is 1. The first-order valence-corrected chi connectivity index (χ1v) is 6.68. The number of aromatic hydroxyl groups is 1. The van der Waals surface area contributed by atoms with E-state index in [1.54, 1.807) is 19.9 Å². The normalized spacial score (nSPS) is 12.0. The zero-order valence-corrected chi connectivity index (χ0v) is 11.9. The Morgan fingerprint density at radius 1 is 1.14 bits per heavy atom. The summed E-state index contributed by atoms with van der Waals surface area (Å²) in [5.41, 5.74) is 0.915. The Labute approximate surface area is 122 Å². The minimum atomic E-state index is -0.513. The quantitative estimate of drug-likeness (QED) is 0.866. The maximum absolute atomic E-state index is 13.8. The summed E-state index contributed by atoms with van der Waals surface area (Å²) in [5.74, 6) is -0.927. The van der Waals surface area contributed by atoms with Crippen molar-refractivity contribution in [2.75, 3.05) is 11.9 Å². The molecule has 1 atom stereocenters. The predicted molar refractivity (Wildman–Crippen MR) is 77.7 cm³/mol. The maximum atomic E-state index is 13.8. The lowest BCUT2D eigenvalue weighted by molar-refractivity contribution is 0.321. The molecular formula is C16H17F2NO2. The zero-order chi connectivity index (χ0) is 15.4. The van der Waals surface area contributed by atoms with Crippen molar-refractivity contribution in [2.45, 2.75) is 19.9 Å². The van der Waals surface area contributed by atoms with Crippen LogP contribution in [-0.2, 0) is 0 Å². The second kappa shape index (κ2) is 6.43. The van der Waals surface area contributed by atoms with Crippen LogP contribution in [-0.4, -0.2) is 11.7 Å². The van der Waals surface area contributed by atoms with E-state index in [9.17, 15) is 13.9 Å². The lowest BCUT2D eigenvalue weighted by Gasteiger charge is -2.17. The van der Waals surface area contributed by atoms with Crippen molar-refractivity contribution in [1.82, 2.24) is 0 Å². The van der Waals surface area contributed by atoms with Crippen LogP contribution in [0.2, 0.25) is 0 Å². The molecule has 21 heavy (non-hydrogen) atoms.